The molecule has 1 amide bonds. The Morgan fingerprint density at radius 1 is 1.17 bits per heavy atom. The molecule has 2 aromatic carbocycles. The zero-order valence-corrected chi connectivity index (χ0v) is 20.5. The fourth-order valence-corrected chi connectivity index (χ4v) is 5.09. The number of amides is 1. The first kappa shape index (κ1) is 24.7. The lowest BCUT2D eigenvalue weighted by Gasteiger charge is -2.17. The number of carbonyl (C=O) groups is 2. The van der Waals surface area contributed by atoms with Crippen LogP contribution in [0, 0.1) is 0 Å². The average molecular weight is 491 g/mol. The standard InChI is InChI=1S/C27H29N3O4S/c1-18(24(31)28-15-14-19-8-4-2-5-9-19)35-27-29-23-16-21(26(33)34)12-13-22(23)25(32)30(27)17-20-10-6-3-7-11-20/h3,6-8,10-13,16,18H,2,4-5,9,14-15,17H2,1H3,(H,28,31)(H,33,34)/p-1/t18-/m0/s1. The number of carbonyl (C=O) groups excluding carboxylic acids is 2. The highest BCUT2D eigenvalue weighted by atomic mass is 32.2. The van der Waals surface area contributed by atoms with E-state index in [4.69, 9.17) is 0 Å². The van der Waals surface area contributed by atoms with Gasteiger partial charge in [-0.1, -0.05) is 59.8 Å². The van der Waals surface area contributed by atoms with Gasteiger partial charge in [-0.15, -0.1) is 0 Å². The molecule has 4 rings (SSSR count). The van der Waals surface area contributed by atoms with Gasteiger partial charge in [0.05, 0.1) is 28.7 Å². The second kappa shape index (κ2) is 11.4. The second-order valence-electron chi connectivity index (χ2n) is 8.70. The summed E-state index contributed by atoms with van der Waals surface area (Å²) >= 11 is 1.19. The fourth-order valence-electron chi connectivity index (χ4n) is 4.16. The molecule has 0 saturated carbocycles. The van der Waals surface area contributed by atoms with Gasteiger partial charge in [0.25, 0.3) is 5.56 Å². The summed E-state index contributed by atoms with van der Waals surface area (Å²) in [5.41, 5.74) is 2.24. The molecule has 182 valence electrons. The highest BCUT2D eigenvalue weighted by Gasteiger charge is 2.20. The number of nitrogens with zero attached hydrogens (tertiary/aromatic N) is 2. The summed E-state index contributed by atoms with van der Waals surface area (Å²) < 4.78 is 1.54. The van der Waals surface area contributed by atoms with Crippen molar-refractivity contribution in [2.45, 2.75) is 56.0 Å². The fraction of sp³-hybridized carbons (Fsp3) is 0.333. The van der Waals surface area contributed by atoms with Crippen LogP contribution in [0.25, 0.3) is 10.9 Å². The molecule has 1 aliphatic carbocycles. The molecule has 1 N–H and O–H groups in total. The number of aromatic nitrogens is 2. The monoisotopic (exact) mass is 490 g/mol. The van der Waals surface area contributed by atoms with Crippen molar-refractivity contribution >= 4 is 34.5 Å². The lowest BCUT2D eigenvalue weighted by Crippen LogP contribution is -2.33. The van der Waals surface area contributed by atoms with Crippen LogP contribution in [-0.2, 0) is 11.3 Å². The Labute approximate surface area is 208 Å². The Hall–Kier alpha value is -3.39. The van der Waals surface area contributed by atoms with Crippen LogP contribution in [0.5, 0.6) is 0 Å². The molecule has 8 heteroatoms. The second-order valence-corrected chi connectivity index (χ2v) is 10.0. The van der Waals surface area contributed by atoms with Crippen LogP contribution in [0.15, 0.2) is 70.1 Å². The van der Waals surface area contributed by atoms with Crippen molar-refractivity contribution in [1.29, 1.82) is 0 Å². The minimum absolute atomic E-state index is 0.0519. The van der Waals surface area contributed by atoms with Crippen LogP contribution < -0.4 is 16.0 Å². The number of hydrogen-bond acceptors (Lipinski definition) is 6. The van der Waals surface area contributed by atoms with E-state index in [0.29, 0.717) is 17.1 Å². The third kappa shape index (κ3) is 6.19. The summed E-state index contributed by atoms with van der Waals surface area (Å²) in [4.78, 5) is 42.1. The Bertz CT molecular complexity index is 1320. The maximum absolute atomic E-state index is 13.4. The lowest BCUT2D eigenvalue weighted by molar-refractivity contribution is -0.255. The van der Waals surface area contributed by atoms with Crippen molar-refractivity contribution in [2.24, 2.45) is 0 Å². The predicted molar refractivity (Wildman–Crippen MR) is 135 cm³/mol. The average Bonchev–Trinajstić information content (AvgIpc) is 2.87. The van der Waals surface area contributed by atoms with E-state index in [1.807, 2.05) is 30.3 Å². The van der Waals surface area contributed by atoms with E-state index in [-0.39, 0.29) is 29.1 Å². The van der Waals surface area contributed by atoms with Crippen LogP contribution in [0.2, 0.25) is 0 Å². The highest BCUT2D eigenvalue weighted by Crippen LogP contribution is 2.24. The van der Waals surface area contributed by atoms with Crippen LogP contribution in [0.1, 0.15) is 54.9 Å². The SMILES string of the molecule is C[C@H](Sc1nc2cc(C(=O)[O-])ccc2c(=O)n1Cc1ccccc1)C(=O)NCCC1=CCCCC1. The third-order valence-electron chi connectivity index (χ3n) is 6.12. The molecule has 0 radical (unpaired) electrons. The smallest absolute Gasteiger partial charge is 0.262 e. The van der Waals surface area contributed by atoms with Gasteiger partial charge in [0, 0.05) is 6.54 Å². The van der Waals surface area contributed by atoms with E-state index < -0.39 is 11.2 Å². The first-order valence-electron chi connectivity index (χ1n) is 11.8. The lowest BCUT2D eigenvalue weighted by atomic mass is 9.97. The molecule has 3 aromatic rings. The number of carboxylic acids is 1. The van der Waals surface area contributed by atoms with Crippen molar-refractivity contribution in [2.75, 3.05) is 6.54 Å². The van der Waals surface area contributed by atoms with E-state index in [1.165, 1.54) is 52.9 Å². The first-order chi connectivity index (χ1) is 16.9. The molecule has 1 atom stereocenters. The molecule has 0 saturated heterocycles. The first-order valence-corrected chi connectivity index (χ1v) is 12.7. The van der Waals surface area contributed by atoms with Crippen LogP contribution in [-0.4, -0.2) is 33.2 Å². The molecule has 35 heavy (non-hydrogen) atoms. The van der Waals surface area contributed by atoms with Gasteiger partial charge >= 0.3 is 0 Å². The number of aromatic carboxylic acids is 1. The Balaban J connectivity index is 1.58. The minimum Gasteiger partial charge on any atom is -0.545 e. The zero-order chi connectivity index (χ0) is 24.8. The molecule has 1 aromatic heterocycles. The summed E-state index contributed by atoms with van der Waals surface area (Å²) in [6, 6.07) is 13.7. The molecule has 0 aliphatic heterocycles. The predicted octanol–water partition coefficient (Wildman–Crippen LogP) is 3.30. The van der Waals surface area contributed by atoms with Gasteiger partial charge in [0.15, 0.2) is 5.16 Å². The van der Waals surface area contributed by atoms with Gasteiger partial charge in [-0.3, -0.25) is 14.2 Å². The molecule has 7 nitrogen and oxygen atoms in total. The quantitative estimate of drug-likeness (QED) is 0.280. The van der Waals surface area contributed by atoms with Crippen LogP contribution >= 0.6 is 11.8 Å². The maximum atomic E-state index is 13.4. The number of allylic oxidation sites excluding steroid dienone is 1. The van der Waals surface area contributed by atoms with E-state index in [2.05, 4.69) is 16.4 Å². The zero-order valence-electron chi connectivity index (χ0n) is 19.7. The largest absolute Gasteiger partial charge is 0.545 e. The number of benzene rings is 2. The Morgan fingerprint density at radius 2 is 1.97 bits per heavy atom. The Kier molecular flexibility index (Phi) is 8.02. The van der Waals surface area contributed by atoms with E-state index in [1.54, 1.807) is 6.92 Å². The summed E-state index contributed by atoms with van der Waals surface area (Å²) in [7, 11) is 0. The molecule has 0 fully saturated rings. The van der Waals surface area contributed by atoms with Gasteiger partial charge < -0.3 is 15.2 Å². The van der Waals surface area contributed by atoms with Crippen molar-refractivity contribution in [3.63, 3.8) is 0 Å². The molecule has 1 aliphatic rings. The van der Waals surface area contributed by atoms with E-state index in [9.17, 15) is 19.5 Å². The normalized spacial score (nSPS) is 14.4. The summed E-state index contributed by atoms with van der Waals surface area (Å²) in [5, 5.41) is 14.5. The van der Waals surface area contributed by atoms with Crippen molar-refractivity contribution in [1.82, 2.24) is 14.9 Å². The molecular formula is C27H28N3O4S-. The Morgan fingerprint density at radius 3 is 2.69 bits per heavy atom. The molecule has 1 heterocycles. The number of thioether (sulfide) groups is 1. The van der Waals surface area contributed by atoms with Gasteiger partial charge in [0.2, 0.25) is 5.91 Å². The van der Waals surface area contributed by atoms with Crippen molar-refractivity contribution in [3.8, 4) is 0 Å². The van der Waals surface area contributed by atoms with Crippen molar-refractivity contribution in [3.05, 3.63) is 81.7 Å². The van der Waals surface area contributed by atoms with Gasteiger partial charge in [-0.05, 0) is 62.3 Å². The van der Waals surface area contributed by atoms with Gasteiger partial charge in [-0.25, -0.2) is 4.98 Å². The topological polar surface area (TPSA) is 104 Å². The number of hydrogen-bond donors (Lipinski definition) is 1. The summed E-state index contributed by atoms with van der Waals surface area (Å²) in [6.07, 6.45) is 7.77. The van der Waals surface area contributed by atoms with Crippen molar-refractivity contribution < 1.29 is 14.7 Å². The third-order valence-corrected chi connectivity index (χ3v) is 7.21. The molecule has 0 spiro atoms. The summed E-state index contributed by atoms with van der Waals surface area (Å²) in [6.45, 7) is 2.64. The number of fused-ring (bicyclic) bond motifs is 1. The maximum Gasteiger partial charge on any atom is 0.262 e. The number of carboxylic acid groups (broad SMARTS) is 1. The molecular weight excluding hydrogens is 462 g/mol. The van der Waals surface area contributed by atoms with Crippen LogP contribution in [0.4, 0.5) is 0 Å². The van der Waals surface area contributed by atoms with Crippen LogP contribution in [0.3, 0.4) is 0 Å². The minimum atomic E-state index is -1.34. The van der Waals surface area contributed by atoms with E-state index in [0.717, 1.165) is 24.8 Å². The molecule has 0 bridgehead atoms. The molecule has 0 unspecified atom stereocenters. The number of rotatable bonds is 9. The van der Waals surface area contributed by atoms with E-state index >= 15 is 0 Å². The van der Waals surface area contributed by atoms with Gasteiger partial charge in [-0.2, -0.15) is 0 Å². The van der Waals surface area contributed by atoms with Gasteiger partial charge in [0.1, 0.15) is 0 Å². The number of nitrogens with one attached hydrogen (secondary N) is 1. The highest BCUT2D eigenvalue weighted by molar-refractivity contribution is 8.00. The summed E-state index contributed by atoms with van der Waals surface area (Å²) in [5.74, 6) is -1.47.